The van der Waals surface area contributed by atoms with Crippen LogP contribution in [0.1, 0.15) is 18.1 Å². The van der Waals surface area contributed by atoms with Crippen LogP contribution >= 0.6 is 11.6 Å². The molecule has 0 radical (unpaired) electrons. The molecule has 4 rings (SSSR count). The van der Waals surface area contributed by atoms with E-state index in [9.17, 15) is 19.3 Å². The summed E-state index contributed by atoms with van der Waals surface area (Å²) in [7, 11) is 0. The second-order valence-electron chi connectivity index (χ2n) is 8.21. The summed E-state index contributed by atoms with van der Waals surface area (Å²) in [4.78, 5) is 52.0. The Kier molecular flexibility index (Phi) is 7.97. The maximum Gasteiger partial charge on any atom is 0.353 e. The average Bonchev–Trinajstić information content (AvgIpc) is 2.92. The zero-order valence-corrected chi connectivity index (χ0v) is 21.0. The number of carbonyl (C=O) groups is 1. The van der Waals surface area contributed by atoms with Crippen LogP contribution < -0.4 is 27.6 Å². The van der Waals surface area contributed by atoms with Gasteiger partial charge in [-0.25, -0.2) is 19.1 Å². The molecule has 0 saturated heterocycles. The highest BCUT2D eigenvalue weighted by Crippen LogP contribution is 2.25. The normalized spacial score (nSPS) is 11.4. The molecule has 0 aliphatic rings. The van der Waals surface area contributed by atoms with Crippen LogP contribution in [-0.4, -0.2) is 19.7 Å². The number of halogens is 1. The fourth-order valence-corrected chi connectivity index (χ4v) is 3.85. The smallest absolute Gasteiger partial charge is 0.353 e. The van der Waals surface area contributed by atoms with E-state index >= 15 is 0 Å². The minimum absolute atomic E-state index is 0.0329. The molecule has 3 aromatic carbocycles. The summed E-state index contributed by atoms with van der Waals surface area (Å²) in [5, 5.41) is 2.96. The lowest BCUT2D eigenvalue weighted by Gasteiger charge is -2.13. The van der Waals surface area contributed by atoms with Gasteiger partial charge in [-0.15, -0.1) is 4.91 Å². The maximum absolute atomic E-state index is 13.1. The standard InChI is InChI=1S/C26H23ClN6O5/c1-2-31-25(35)32(16-17-6-8-19(27)9-7-17)24(33(28)26(31)36)29-20-10-12-21(13-11-20)38-22-5-3-4-18(14-22)15-23(34)30-37/h3-14H,2,15-16,28H2,1H3. The van der Waals surface area contributed by atoms with Crippen molar-refractivity contribution in [1.82, 2.24) is 13.8 Å². The number of hydrogen-bond acceptors (Lipinski definition) is 7. The first kappa shape index (κ1) is 26.3. The van der Waals surface area contributed by atoms with Crippen molar-refractivity contribution < 1.29 is 9.53 Å². The fourth-order valence-electron chi connectivity index (χ4n) is 3.72. The number of aromatic nitrogens is 3. The molecule has 1 heterocycles. The van der Waals surface area contributed by atoms with Gasteiger partial charge in [-0.2, -0.15) is 4.68 Å². The molecule has 0 aliphatic carbocycles. The lowest BCUT2D eigenvalue weighted by molar-refractivity contribution is -0.117. The van der Waals surface area contributed by atoms with Crippen LogP contribution in [-0.2, 0) is 24.3 Å². The molecule has 2 N–H and O–H groups in total. The van der Waals surface area contributed by atoms with E-state index in [1.54, 1.807) is 79.7 Å². The zero-order chi connectivity index (χ0) is 27.2. The largest absolute Gasteiger partial charge is 0.457 e. The number of amides is 1. The van der Waals surface area contributed by atoms with Crippen LogP contribution in [0, 0.1) is 4.91 Å². The van der Waals surface area contributed by atoms with E-state index in [0.29, 0.717) is 27.8 Å². The van der Waals surface area contributed by atoms with Crippen molar-refractivity contribution in [3.63, 3.8) is 0 Å². The number of hydrogen-bond donors (Lipinski definition) is 1. The Bertz CT molecular complexity index is 1670. The third-order valence-electron chi connectivity index (χ3n) is 5.58. The highest BCUT2D eigenvalue weighted by molar-refractivity contribution is 6.30. The van der Waals surface area contributed by atoms with Gasteiger partial charge in [0.25, 0.3) is 5.91 Å². The van der Waals surface area contributed by atoms with E-state index in [1.807, 2.05) is 0 Å². The molecule has 0 atom stereocenters. The number of nitrogens with zero attached hydrogens (tertiary/aromatic N) is 5. The molecular weight excluding hydrogens is 512 g/mol. The van der Waals surface area contributed by atoms with Gasteiger partial charge in [0.2, 0.25) is 5.62 Å². The summed E-state index contributed by atoms with van der Waals surface area (Å²) in [6.07, 6.45) is -0.119. The van der Waals surface area contributed by atoms with Crippen molar-refractivity contribution in [1.29, 1.82) is 0 Å². The molecule has 0 spiro atoms. The summed E-state index contributed by atoms with van der Waals surface area (Å²) in [5.74, 6) is 6.24. The van der Waals surface area contributed by atoms with E-state index in [4.69, 9.17) is 22.2 Å². The molecule has 11 nitrogen and oxygen atoms in total. The topological polar surface area (TPSA) is 143 Å². The summed E-state index contributed by atoms with van der Waals surface area (Å²) < 4.78 is 9.02. The Morgan fingerprint density at radius 1 is 0.921 bits per heavy atom. The second kappa shape index (κ2) is 11.5. The molecule has 0 saturated carbocycles. The van der Waals surface area contributed by atoms with Gasteiger partial charge in [0.1, 0.15) is 11.5 Å². The van der Waals surface area contributed by atoms with Gasteiger partial charge in [0.05, 0.1) is 18.7 Å². The van der Waals surface area contributed by atoms with E-state index in [2.05, 4.69) is 10.2 Å². The predicted octanol–water partition coefficient (Wildman–Crippen LogP) is 3.11. The predicted molar refractivity (Wildman–Crippen MR) is 142 cm³/mol. The van der Waals surface area contributed by atoms with Gasteiger partial charge in [0, 0.05) is 16.7 Å². The molecule has 194 valence electrons. The summed E-state index contributed by atoms with van der Waals surface area (Å²) in [6, 6.07) is 20.3. The van der Waals surface area contributed by atoms with E-state index in [1.165, 1.54) is 4.57 Å². The molecule has 4 aromatic rings. The van der Waals surface area contributed by atoms with E-state index in [0.717, 1.165) is 14.8 Å². The SMILES string of the molecule is CCn1c(=O)n(N)c(=Nc2ccc(Oc3cccc(CC(=O)N=O)c3)cc2)n(Cc2ccc(Cl)cc2)c1=O. The number of nitrogens with two attached hydrogens (primary N) is 1. The molecule has 12 heteroatoms. The van der Waals surface area contributed by atoms with Crippen LogP contribution in [0.5, 0.6) is 11.5 Å². The van der Waals surface area contributed by atoms with Gasteiger partial charge in [0.15, 0.2) is 0 Å². The number of benzene rings is 3. The third kappa shape index (κ3) is 5.95. The molecular formula is C26H23ClN6O5. The Morgan fingerprint density at radius 3 is 2.29 bits per heavy atom. The van der Waals surface area contributed by atoms with Crippen LogP contribution in [0.4, 0.5) is 5.69 Å². The van der Waals surface area contributed by atoms with Crippen LogP contribution in [0.2, 0.25) is 5.02 Å². The van der Waals surface area contributed by atoms with Gasteiger partial charge in [-0.3, -0.25) is 9.36 Å². The Labute approximate surface area is 221 Å². The molecule has 1 aromatic heterocycles. The molecule has 0 bridgehead atoms. The van der Waals surface area contributed by atoms with Crippen LogP contribution in [0.15, 0.2) is 92.6 Å². The summed E-state index contributed by atoms with van der Waals surface area (Å²) in [5.41, 5.74) is 0.514. The van der Waals surface area contributed by atoms with Gasteiger partial charge >= 0.3 is 11.4 Å². The van der Waals surface area contributed by atoms with E-state index in [-0.39, 0.29) is 25.1 Å². The lowest BCUT2D eigenvalue weighted by Crippen LogP contribution is -2.57. The Balaban J connectivity index is 1.68. The number of nitrogen functional groups attached to an aromatic ring is 1. The van der Waals surface area contributed by atoms with E-state index < -0.39 is 17.3 Å². The first-order chi connectivity index (χ1) is 18.3. The summed E-state index contributed by atoms with van der Waals surface area (Å²) in [6.45, 7) is 1.94. The monoisotopic (exact) mass is 534 g/mol. The quantitative estimate of drug-likeness (QED) is 0.272. The third-order valence-corrected chi connectivity index (χ3v) is 5.83. The highest BCUT2D eigenvalue weighted by atomic mass is 35.5. The first-order valence-electron chi connectivity index (χ1n) is 11.5. The van der Waals surface area contributed by atoms with Crippen molar-refractivity contribution in [3.8, 4) is 11.5 Å². The highest BCUT2D eigenvalue weighted by Gasteiger charge is 2.13. The maximum atomic E-state index is 13.1. The second-order valence-corrected chi connectivity index (χ2v) is 8.65. The van der Waals surface area contributed by atoms with Crippen molar-refractivity contribution in [3.05, 3.63) is 120 Å². The first-order valence-corrected chi connectivity index (χ1v) is 11.9. The summed E-state index contributed by atoms with van der Waals surface area (Å²) >= 11 is 5.98. The lowest BCUT2D eigenvalue weighted by atomic mass is 10.1. The average molecular weight is 535 g/mol. The van der Waals surface area contributed by atoms with Gasteiger partial charge in [-0.1, -0.05) is 35.9 Å². The van der Waals surface area contributed by atoms with Gasteiger partial charge < -0.3 is 10.6 Å². The van der Waals surface area contributed by atoms with Crippen molar-refractivity contribution in [2.75, 3.05) is 5.84 Å². The fraction of sp³-hybridized carbons (Fsp3) is 0.154. The zero-order valence-electron chi connectivity index (χ0n) is 20.3. The Morgan fingerprint density at radius 2 is 1.63 bits per heavy atom. The van der Waals surface area contributed by atoms with Crippen molar-refractivity contribution in [2.24, 2.45) is 10.2 Å². The van der Waals surface area contributed by atoms with Gasteiger partial charge in [-0.05, 0) is 66.6 Å². The minimum atomic E-state index is -0.772. The molecule has 0 unspecified atom stereocenters. The van der Waals surface area contributed by atoms with Crippen LogP contribution in [0.25, 0.3) is 0 Å². The molecule has 38 heavy (non-hydrogen) atoms. The number of carbonyl (C=O) groups excluding carboxylic acids is 1. The molecule has 0 fully saturated rings. The Hall–Kier alpha value is -4.77. The molecule has 1 amide bonds. The number of nitroso groups, excluding NO2 is 1. The molecule has 0 aliphatic heterocycles. The number of rotatable bonds is 8. The number of ether oxygens (including phenoxy) is 1. The van der Waals surface area contributed by atoms with Crippen molar-refractivity contribution in [2.45, 2.75) is 26.4 Å². The van der Waals surface area contributed by atoms with Crippen LogP contribution in [0.3, 0.4) is 0 Å². The minimum Gasteiger partial charge on any atom is -0.457 e. The van der Waals surface area contributed by atoms with Crippen molar-refractivity contribution >= 4 is 23.2 Å².